The van der Waals surface area contributed by atoms with Gasteiger partial charge in [-0.15, -0.1) is 11.3 Å². The maximum absolute atomic E-state index is 12.5. The first-order valence-electron chi connectivity index (χ1n) is 7.09. The molecule has 0 radical (unpaired) electrons. The Bertz CT molecular complexity index is 683. The van der Waals surface area contributed by atoms with E-state index in [9.17, 15) is 13.2 Å². The quantitative estimate of drug-likeness (QED) is 0.617. The van der Waals surface area contributed by atoms with Crippen LogP contribution in [-0.4, -0.2) is 24.5 Å². The molecule has 1 aromatic carbocycles. The second kappa shape index (κ2) is 8.34. The average molecular weight is 377 g/mol. The van der Waals surface area contributed by atoms with Gasteiger partial charge in [-0.2, -0.15) is 13.2 Å². The molecule has 9 heteroatoms. The molecule has 24 heavy (non-hydrogen) atoms. The third-order valence-corrected chi connectivity index (χ3v) is 4.23. The smallest absolute Gasteiger partial charge is 0.356 e. The maximum Gasteiger partial charge on any atom is 0.434 e. The van der Waals surface area contributed by atoms with Gasteiger partial charge in [0.25, 0.3) is 0 Å². The highest BCUT2D eigenvalue weighted by Crippen LogP contribution is 2.29. The number of rotatable bonds is 5. The normalized spacial score (nSPS) is 12.3. The Labute approximate surface area is 146 Å². The van der Waals surface area contributed by atoms with E-state index in [0.717, 1.165) is 22.3 Å². The summed E-state index contributed by atoms with van der Waals surface area (Å²) in [6.07, 6.45) is -4.00. The van der Waals surface area contributed by atoms with Crippen molar-refractivity contribution in [1.29, 1.82) is 0 Å². The van der Waals surface area contributed by atoms with E-state index in [2.05, 4.69) is 20.6 Å². The molecule has 0 saturated carbocycles. The van der Waals surface area contributed by atoms with Crippen molar-refractivity contribution in [2.24, 2.45) is 4.99 Å². The zero-order valence-electron chi connectivity index (χ0n) is 12.8. The average Bonchev–Trinajstić information content (AvgIpc) is 3.01. The third-order valence-electron chi connectivity index (χ3n) is 3.07. The number of thiazole rings is 1. The van der Waals surface area contributed by atoms with E-state index in [4.69, 9.17) is 11.6 Å². The Morgan fingerprint density at radius 2 is 1.96 bits per heavy atom. The molecule has 0 saturated heterocycles. The first-order valence-corrected chi connectivity index (χ1v) is 8.35. The van der Waals surface area contributed by atoms with Crippen LogP contribution in [0.1, 0.15) is 16.3 Å². The molecule has 0 atom stereocenters. The molecule has 0 unspecified atom stereocenters. The Morgan fingerprint density at radius 1 is 1.25 bits per heavy atom. The standard InChI is InChI=1S/C15H16ClF3N4S/c1-20-14(22-8-10-2-4-11(16)5-3-10)21-7-6-13-23-12(9-24-13)15(17,18)19/h2-5,9H,6-8H2,1H3,(H2,20,21,22). The number of halogens is 4. The van der Waals surface area contributed by atoms with Gasteiger partial charge in [0.05, 0.1) is 5.01 Å². The summed E-state index contributed by atoms with van der Waals surface area (Å²) in [6, 6.07) is 7.40. The lowest BCUT2D eigenvalue weighted by molar-refractivity contribution is -0.140. The van der Waals surface area contributed by atoms with Crippen LogP contribution in [0.4, 0.5) is 13.2 Å². The summed E-state index contributed by atoms with van der Waals surface area (Å²) in [5.41, 5.74) is 0.199. The molecule has 0 aliphatic heterocycles. The van der Waals surface area contributed by atoms with Gasteiger partial charge in [-0.05, 0) is 17.7 Å². The number of hydrogen-bond donors (Lipinski definition) is 2. The van der Waals surface area contributed by atoms with E-state index >= 15 is 0 Å². The molecule has 0 fully saturated rings. The number of nitrogens with zero attached hydrogens (tertiary/aromatic N) is 2. The second-order valence-electron chi connectivity index (χ2n) is 4.85. The predicted molar refractivity (Wildman–Crippen MR) is 90.5 cm³/mol. The number of hydrogen-bond acceptors (Lipinski definition) is 3. The molecule has 1 aromatic heterocycles. The van der Waals surface area contributed by atoms with Crippen LogP contribution in [0.3, 0.4) is 0 Å². The van der Waals surface area contributed by atoms with Gasteiger partial charge < -0.3 is 10.6 Å². The number of aliphatic imine (C=N–C) groups is 1. The van der Waals surface area contributed by atoms with Gasteiger partial charge in [0.15, 0.2) is 11.7 Å². The highest BCUT2D eigenvalue weighted by atomic mass is 35.5. The van der Waals surface area contributed by atoms with Gasteiger partial charge in [0, 0.05) is 37.0 Å². The van der Waals surface area contributed by atoms with Crippen molar-refractivity contribution in [3.8, 4) is 0 Å². The third kappa shape index (κ3) is 5.68. The van der Waals surface area contributed by atoms with Crippen molar-refractivity contribution in [3.63, 3.8) is 0 Å². The van der Waals surface area contributed by atoms with E-state index < -0.39 is 11.9 Å². The lowest BCUT2D eigenvalue weighted by Crippen LogP contribution is -2.37. The van der Waals surface area contributed by atoms with Gasteiger partial charge in [-0.25, -0.2) is 4.98 Å². The second-order valence-corrected chi connectivity index (χ2v) is 6.23. The molecular formula is C15H16ClF3N4S. The van der Waals surface area contributed by atoms with Gasteiger partial charge >= 0.3 is 6.18 Å². The van der Waals surface area contributed by atoms with Crippen molar-refractivity contribution >= 4 is 28.9 Å². The van der Waals surface area contributed by atoms with Crippen molar-refractivity contribution in [3.05, 3.63) is 50.9 Å². The number of guanidine groups is 1. The topological polar surface area (TPSA) is 49.3 Å². The largest absolute Gasteiger partial charge is 0.434 e. The van der Waals surface area contributed by atoms with Crippen LogP contribution in [0.15, 0.2) is 34.6 Å². The molecule has 0 amide bonds. The molecule has 1 heterocycles. The molecule has 0 aliphatic rings. The van der Waals surface area contributed by atoms with Crippen molar-refractivity contribution < 1.29 is 13.2 Å². The molecule has 2 rings (SSSR count). The number of nitrogens with one attached hydrogen (secondary N) is 2. The van der Waals surface area contributed by atoms with Crippen LogP contribution in [0.25, 0.3) is 0 Å². The summed E-state index contributed by atoms with van der Waals surface area (Å²) in [5, 5.41) is 8.30. The predicted octanol–water partition coefficient (Wildman–Crippen LogP) is 3.72. The molecule has 2 aromatic rings. The van der Waals surface area contributed by atoms with Crippen LogP contribution >= 0.6 is 22.9 Å². The number of alkyl halides is 3. The van der Waals surface area contributed by atoms with E-state index in [1.807, 2.05) is 12.1 Å². The number of aromatic nitrogens is 1. The zero-order chi connectivity index (χ0) is 17.6. The zero-order valence-corrected chi connectivity index (χ0v) is 14.4. The fourth-order valence-electron chi connectivity index (χ4n) is 1.85. The minimum Gasteiger partial charge on any atom is -0.356 e. The van der Waals surface area contributed by atoms with Crippen LogP contribution in [0, 0.1) is 0 Å². The fourth-order valence-corrected chi connectivity index (χ4v) is 2.78. The Hall–Kier alpha value is -1.80. The minimum absolute atomic E-state index is 0.391. The van der Waals surface area contributed by atoms with Gasteiger partial charge in [-0.1, -0.05) is 23.7 Å². The molecule has 0 spiro atoms. The first-order chi connectivity index (χ1) is 11.4. The highest BCUT2D eigenvalue weighted by molar-refractivity contribution is 7.09. The van der Waals surface area contributed by atoms with Gasteiger partial charge in [-0.3, -0.25) is 4.99 Å². The van der Waals surface area contributed by atoms with Crippen molar-refractivity contribution in [1.82, 2.24) is 15.6 Å². The molecule has 4 nitrogen and oxygen atoms in total. The number of benzene rings is 1. The fraction of sp³-hybridized carbons (Fsp3) is 0.333. The van der Waals surface area contributed by atoms with E-state index in [1.165, 1.54) is 0 Å². The van der Waals surface area contributed by atoms with Crippen LogP contribution < -0.4 is 10.6 Å². The van der Waals surface area contributed by atoms with Crippen LogP contribution in [0.2, 0.25) is 5.02 Å². The summed E-state index contributed by atoms with van der Waals surface area (Å²) < 4.78 is 37.5. The highest BCUT2D eigenvalue weighted by Gasteiger charge is 2.33. The summed E-state index contributed by atoms with van der Waals surface area (Å²) in [7, 11) is 1.63. The summed E-state index contributed by atoms with van der Waals surface area (Å²) in [5.74, 6) is 0.567. The summed E-state index contributed by atoms with van der Waals surface area (Å²) in [4.78, 5) is 7.65. The maximum atomic E-state index is 12.5. The lowest BCUT2D eigenvalue weighted by Gasteiger charge is -2.11. The molecule has 0 bridgehead atoms. The Balaban J connectivity index is 1.77. The first kappa shape index (κ1) is 18.5. The van der Waals surface area contributed by atoms with E-state index in [-0.39, 0.29) is 0 Å². The monoisotopic (exact) mass is 376 g/mol. The van der Waals surface area contributed by atoms with Crippen LogP contribution in [-0.2, 0) is 19.1 Å². The van der Waals surface area contributed by atoms with Gasteiger partial charge in [0.1, 0.15) is 0 Å². The van der Waals surface area contributed by atoms with Crippen LogP contribution in [0.5, 0.6) is 0 Å². The SMILES string of the molecule is CN=C(NCCc1nc(C(F)(F)F)cs1)NCc1ccc(Cl)cc1. The molecule has 2 N–H and O–H groups in total. The molecule has 0 aliphatic carbocycles. The van der Waals surface area contributed by atoms with Crippen molar-refractivity contribution in [2.45, 2.75) is 19.1 Å². The minimum atomic E-state index is -4.39. The summed E-state index contributed by atoms with van der Waals surface area (Å²) >= 11 is 6.83. The van der Waals surface area contributed by atoms with Crippen molar-refractivity contribution in [2.75, 3.05) is 13.6 Å². The molecule has 130 valence electrons. The lowest BCUT2D eigenvalue weighted by atomic mass is 10.2. The molecular weight excluding hydrogens is 361 g/mol. The van der Waals surface area contributed by atoms with Gasteiger partial charge in [0.2, 0.25) is 0 Å². The van der Waals surface area contributed by atoms with E-state index in [1.54, 1.807) is 19.2 Å². The van der Waals surface area contributed by atoms with E-state index in [0.29, 0.717) is 35.5 Å². The Morgan fingerprint density at radius 3 is 2.54 bits per heavy atom. The summed E-state index contributed by atoms with van der Waals surface area (Å²) in [6.45, 7) is 0.997. The Kier molecular flexibility index (Phi) is 6.44.